The van der Waals surface area contributed by atoms with Crippen molar-refractivity contribution in [1.29, 1.82) is 0 Å². The molecule has 1 aromatic carbocycles. The summed E-state index contributed by atoms with van der Waals surface area (Å²) in [5.74, 6) is 1.41. The molecule has 0 aliphatic carbocycles. The molecule has 0 fully saturated rings. The molecule has 3 rings (SSSR count). The lowest BCUT2D eigenvalue weighted by molar-refractivity contribution is 0.290. The van der Waals surface area contributed by atoms with Gasteiger partial charge in [-0.25, -0.2) is 9.98 Å². The molecule has 29 heavy (non-hydrogen) atoms. The van der Waals surface area contributed by atoms with Crippen molar-refractivity contribution in [1.82, 2.24) is 20.2 Å². The van der Waals surface area contributed by atoms with Crippen LogP contribution in [-0.2, 0) is 19.7 Å². The van der Waals surface area contributed by atoms with Gasteiger partial charge >= 0.3 is 0 Å². The maximum Gasteiger partial charge on any atom is 0.218 e. The van der Waals surface area contributed by atoms with Crippen LogP contribution in [-0.4, -0.2) is 28.6 Å². The van der Waals surface area contributed by atoms with Gasteiger partial charge in [0.15, 0.2) is 5.96 Å². The van der Waals surface area contributed by atoms with E-state index in [9.17, 15) is 0 Å². The van der Waals surface area contributed by atoms with Crippen LogP contribution in [0.3, 0.4) is 0 Å². The first-order chi connectivity index (χ1) is 13.8. The molecule has 2 N–H and O–H groups in total. The molecular formula is C22H28IN5O. The van der Waals surface area contributed by atoms with Crippen LogP contribution in [0.4, 0.5) is 0 Å². The summed E-state index contributed by atoms with van der Waals surface area (Å²) in [7, 11) is 0. The fraction of sp³-hybridized carbons (Fsp3) is 0.273. The summed E-state index contributed by atoms with van der Waals surface area (Å²) >= 11 is 0. The molecule has 0 amide bonds. The van der Waals surface area contributed by atoms with Crippen LogP contribution in [0.1, 0.15) is 18.1 Å². The van der Waals surface area contributed by atoms with E-state index >= 15 is 0 Å². The number of guanidine groups is 1. The normalized spacial score (nSPS) is 10.9. The van der Waals surface area contributed by atoms with Gasteiger partial charge in [0.1, 0.15) is 6.61 Å². The number of aliphatic imine (C=N–C) groups is 1. The van der Waals surface area contributed by atoms with Gasteiger partial charge in [-0.15, -0.1) is 24.0 Å². The molecule has 6 nitrogen and oxygen atoms in total. The fourth-order valence-corrected chi connectivity index (χ4v) is 2.73. The molecule has 0 unspecified atom stereocenters. The zero-order valence-corrected chi connectivity index (χ0v) is 19.0. The van der Waals surface area contributed by atoms with Crippen LogP contribution in [0.2, 0.25) is 0 Å². The topological polar surface area (TPSA) is 63.5 Å². The summed E-state index contributed by atoms with van der Waals surface area (Å²) in [6.45, 7) is 5.53. The number of hydrogen-bond donors (Lipinski definition) is 2. The zero-order valence-electron chi connectivity index (χ0n) is 16.6. The molecular weight excluding hydrogens is 477 g/mol. The predicted octanol–water partition coefficient (Wildman–Crippen LogP) is 3.84. The summed E-state index contributed by atoms with van der Waals surface area (Å²) in [6, 6.07) is 18.0. The van der Waals surface area contributed by atoms with Crippen LogP contribution >= 0.6 is 24.0 Å². The van der Waals surface area contributed by atoms with Crippen molar-refractivity contribution in [3.8, 4) is 5.88 Å². The third kappa shape index (κ3) is 7.77. The Kier molecular flexibility index (Phi) is 10.1. The minimum Gasteiger partial charge on any atom is -0.473 e. The van der Waals surface area contributed by atoms with Gasteiger partial charge < -0.3 is 19.9 Å². The van der Waals surface area contributed by atoms with Gasteiger partial charge in [-0.2, -0.15) is 0 Å². The van der Waals surface area contributed by atoms with E-state index in [1.807, 2.05) is 54.6 Å². The Hall–Kier alpha value is -2.55. The molecule has 0 spiro atoms. The summed E-state index contributed by atoms with van der Waals surface area (Å²) in [5, 5.41) is 6.64. The zero-order chi connectivity index (χ0) is 19.4. The van der Waals surface area contributed by atoms with Crippen LogP contribution in [0.15, 0.2) is 78.2 Å². The first-order valence-electron chi connectivity index (χ1n) is 9.58. The first kappa shape index (κ1) is 22.7. The molecule has 7 heteroatoms. The molecule has 0 atom stereocenters. The Bertz CT molecular complexity index is 853. The second kappa shape index (κ2) is 12.8. The van der Waals surface area contributed by atoms with Crippen LogP contribution < -0.4 is 15.4 Å². The number of ether oxygens (including phenoxy) is 1. The van der Waals surface area contributed by atoms with Crippen LogP contribution in [0.5, 0.6) is 5.88 Å². The van der Waals surface area contributed by atoms with Crippen molar-refractivity contribution in [2.24, 2.45) is 4.99 Å². The highest BCUT2D eigenvalue weighted by Crippen LogP contribution is 2.17. The molecule has 2 heterocycles. The van der Waals surface area contributed by atoms with E-state index in [1.54, 1.807) is 6.20 Å². The SMILES string of the molecule is CCNC(=NCc1cccnc1OCc1ccccc1)NCCn1cccc1.I. The van der Waals surface area contributed by atoms with Crippen LogP contribution in [0.25, 0.3) is 0 Å². The van der Waals surface area contributed by atoms with E-state index < -0.39 is 0 Å². The number of aromatic nitrogens is 2. The van der Waals surface area contributed by atoms with Crippen molar-refractivity contribution >= 4 is 29.9 Å². The van der Waals surface area contributed by atoms with Crippen molar-refractivity contribution in [3.05, 3.63) is 84.3 Å². The van der Waals surface area contributed by atoms with Crippen molar-refractivity contribution in [2.45, 2.75) is 26.6 Å². The smallest absolute Gasteiger partial charge is 0.218 e. The van der Waals surface area contributed by atoms with Crippen molar-refractivity contribution < 1.29 is 4.74 Å². The van der Waals surface area contributed by atoms with Gasteiger partial charge in [0.25, 0.3) is 0 Å². The number of rotatable bonds is 9. The second-order valence-electron chi connectivity index (χ2n) is 6.28. The third-order valence-electron chi connectivity index (χ3n) is 4.15. The fourth-order valence-electron chi connectivity index (χ4n) is 2.73. The Morgan fingerprint density at radius 2 is 1.83 bits per heavy atom. The van der Waals surface area contributed by atoms with Gasteiger partial charge in [0, 0.05) is 43.8 Å². The van der Waals surface area contributed by atoms with Crippen LogP contribution in [0, 0.1) is 0 Å². The summed E-state index contributed by atoms with van der Waals surface area (Å²) in [5.41, 5.74) is 2.07. The molecule has 0 saturated carbocycles. The molecule has 0 radical (unpaired) electrons. The number of nitrogens with zero attached hydrogens (tertiary/aromatic N) is 3. The summed E-state index contributed by atoms with van der Waals surface area (Å²) < 4.78 is 8.05. The minimum absolute atomic E-state index is 0. The molecule has 0 bridgehead atoms. The Labute approximate surface area is 189 Å². The molecule has 0 aliphatic rings. The average Bonchev–Trinajstić information content (AvgIpc) is 3.25. The first-order valence-corrected chi connectivity index (χ1v) is 9.58. The minimum atomic E-state index is 0. The van der Waals surface area contributed by atoms with Gasteiger partial charge in [0.05, 0.1) is 6.54 Å². The lowest BCUT2D eigenvalue weighted by atomic mass is 10.2. The highest BCUT2D eigenvalue weighted by atomic mass is 127. The molecule has 3 aromatic rings. The van der Waals surface area contributed by atoms with Crippen molar-refractivity contribution in [2.75, 3.05) is 13.1 Å². The number of pyridine rings is 1. The van der Waals surface area contributed by atoms with E-state index in [0.717, 1.165) is 36.7 Å². The Balaban J connectivity index is 0.00000300. The number of hydrogen-bond acceptors (Lipinski definition) is 3. The predicted molar refractivity (Wildman–Crippen MR) is 128 cm³/mol. The van der Waals surface area contributed by atoms with E-state index in [1.165, 1.54) is 0 Å². The Morgan fingerprint density at radius 3 is 2.59 bits per heavy atom. The summed E-state index contributed by atoms with van der Waals surface area (Å²) in [4.78, 5) is 9.06. The molecule has 0 saturated heterocycles. The largest absolute Gasteiger partial charge is 0.473 e. The summed E-state index contributed by atoms with van der Waals surface area (Å²) in [6.07, 6.45) is 5.85. The van der Waals surface area contributed by atoms with Crippen molar-refractivity contribution in [3.63, 3.8) is 0 Å². The van der Waals surface area contributed by atoms with E-state index in [0.29, 0.717) is 19.0 Å². The molecule has 2 aromatic heterocycles. The second-order valence-corrected chi connectivity index (χ2v) is 6.28. The van der Waals surface area contributed by atoms with E-state index in [2.05, 4.69) is 44.5 Å². The van der Waals surface area contributed by atoms with Gasteiger partial charge in [0.2, 0.25) is 5.88 Å². The van der Waals surface area contributed by atoms with Gasteiger partial charge in [-0.3, -0.25) is 0 Å². The average molecular weight is 505 g/mol. The molecule has 0 aliphatic heterocycles. The number of benzene rings is 1. The number of nitrogens with one attached hydrogen (secondary N) is 2. The lowest BCUT2D eigenvalue weighted by Gasteiger charge is -2.13. The maximum atomic E-state index is 5.92. The monoisotopic (exact) mass is 505 g/mol. The Morgan fingerprint density at radius 1 is 1.03 bits per heavy atom. The number of halogens is 1. The lowest BCUT2D eigenvalue weighted by Crippen LogP contribution is -2.38. The third-order valence-corrected chi connectivity index (χ3v) is 4.15. The quantitative estimate of drug-likeness (QED) is 0.264. The van der Waals surface area contributed by atoms with Gasteiger partial charge in [-0.1, -0.05) is 36.4 Å². The van der Waals surface area contributed by atoms with E-state index in [-0.39, 0.29) is 24.0 Å². The van der Waals surface area contributed by atoms with Gasteiger partial charge in [-0.05, 0) is 30.7 Å². The van der Waals surface area contributed by atoms with E-state index in [4.69, 9.17) is 4.74 Å². The standard InChI is InChI=1S/C22H27N5O.HI/c1-2-23-22(25-13-16-27-14-6-7-15-27)26-17-20-11-8-12-24-21(20)28-18-19-9-4-3-5-10-19;/h3-12,14-15H,2,13,16-18H2,1H3,(H2,23,25,26);1H. The molecule has 154 valence electrons. The highest BCUT2D eigenvalue weighted by Gasteiger charge is 2.06. The highest BCUT2D eigenvalue weighted by molar-refractivity contribution is 14.0. The maximum absolute atomic E-state index is 5.92.